The number of carboxylic acid groups (broad SMARTS) is 4. The predicted molar refractivity (Wildman–Crippen MR) is 166 cm³/mol. The van der Waals surface area contributed by atoms with Crippen molar-refractivity contribution in [1.82, 2.24) is 16.0 Å². The highest BCUT2D eigenvalue weighted by Gasteiger charge is 2.19. The Morgan fingerprint density at radius 1 is 0.907 bits per heavy atom. The molecule has 1 aromatic rings. The minimum Gasteiger partial charge on any atom is -0.480 e. The first kappa shape index (κ1) is 41.9. The number of para-hydroxylation sites is 1. The van der Waals surface area contributed by atoms with E-state index in [0.717, 1.165) is 50.9 Å². The van der Waals surface area contributed by atoms with Crippen LogP contribution in [0.3, 0.4) is 0 Å². The van der Waals surface area contributed by atoms with Crippen LogP contribution < -0.4 is 32.7 Å². The van der Waals surface area contributed by atoms with E-state index in [0.29, 0.717) is 19.4 Å². The van der Waals surface area contributed by atoms with Crippen molar-refractivity contribution in [3.8, 4) is 0 Å². The number of carbonyl (C=O) groups excluding carboxylic acids is 1. The summed E-state index contributed by atoms with van der Waals surface area (Å²) >= 11 is 3.69. The van der Waals surface area contributed by atoms with Crippen LogP contribution in [0.4, 0.5) is 5.69 Å². The van der Waals surface area contributed by atoms with Crippen LogP contribution in [0.2, 0.25) is 0 Å². The number of aliphatic carboxylic acids is 4. The lowest BCUT2D eigenvalue weighted by molar-refractivity contribution is -0.140. The van der Waals surface area contributed by atoms with Gasteiger partial charge in [-0.15, -0.1) is 12.6 Å². The molecule has 43 heavy (non-hydrogen) atoms. The smallest absolute Gasteiger partial charge is 0.322 e. The quantitative estimate of drug-likeness (QED) is 0.144. The van der Waals surface area contributed by atoms with E-state index in [9.17, 15) is 24.0 Å². The summed E-state index contributed by atoms with van der Waals surface area (Å²) in [6, 6.07) is 8.25. The average molecular weight is 633 g/mol. The molecule has 0 aliphatic carbocycles. The molecule has 246 valence electrons. The molecule has 3 rings (SSSR count). The molecule has 0 saturated carbocycles. The van der Waals surface area contributed by atoms with Crippen molar-refractivity contribution in [1.29, 1.82) is 0 Å². The summed E-state index contributed by atoms with van der Waals surface area (Å²) in [5, 5.41) is 44.0. The number of benzene rings is 1. The van der Waals surface area contributed by atoms with Gasteiger partial charge in [0.1, 0.15) is 18.6 Å². The number of hydrogen-bond acceptors (Lipinski definition) is 11. The third-order valence-corrected chi connectivity index (χ3v) is 5.86. The summed E-state index contributed by atoms with van der Waals surface area (Å²) in [5.41, 5.74) is 11.1. The zero-order valence-electron chi connectivity index (χ0n) is 24.5. The van der Waals surface area contributed by atoms with E-state index in [1.807, 2.05) is 30.3 Å². The van der Waals surface area contributed by atoms with Crippen molar-refractivity contribution in [3.63, 3.8) is 0 Å². The normalized spacial score (nSPS) is 17.3. The first-order valence-electron chi connectivity index (χ1n) is 13.8. The number of anilines is 1. The zero-order valence-corrected chi connectivity index (χ0v) is 25.4. The lowest BCUT2D eigenvalue weighted by Gasteiger charge is -2.18. The number of carboxylic acids is 4. The van der Waals surface area contributed by atoms with Crippen molar-refractivity contribution in [2.24, 2.45) is 11.5 Å². The number of hydrogen-bond donors (Lipinski definition) is 11. The van der Waals surface area contributed by atoms with Gasteiger partial charge in [0, 0.05) is 5.69 Å². The molecule has 0 amide bonds. The van der Waals surface area contributed by atoms with Gasteiger partial charge in [0.05, 0.1) is 12.6 Å². The second-order valence-electron chi connectivity index (χ2n) is 9.24. The van der Waals surface area contributed by atoms with E-state index in [-0.39, 0.29) is 30.3 Å². The van der Waals surface area contributed by atoms with E-state index >= 15 is 0 Å². The van der Waals surface area contributed by atoms with Gasteiger partial charge in [-0.05, 0) is 77.3 Å². The molecule has 12 N–H and O–H groups in total. The van der Waals surface area contributed by atoms with Crippen LogP contribution in [-0.2, 0) is 24.0 Å². The molecular weight excluding hydrogens is 584 g/mol. The molecule has 2 unspecified atom stereocenters. The fourth-order valence-corrected chi connectivity index (χ4v) is 3.52. The monoisotopic (exact) mass is 632 g/mol. The van der Waals surface area contributed by atoms with Crippen molar-refractivity contribution in [3.05, 3.63) is 30.3 Å². The fraction of sp³-hybridized carbons (Fsp3) is 0.593. The molecule has 16 heteroatoms. The van der Waals surface area contributed by atoms with Gasteiger partial charge in [0.25, 0.3) is 0 Å². The van der Waals surface area contributed by atoms with Gasteiger partial charge in [0.2, 0.25) is 5.12 Å². The highest BCUT2D eigenvalue weighted by molar-refractivity contribution is 7.96. The van der Waals surface area contributed by atoms with Gasteiger partial charge >= 0.3 is 23.9 Å². The van der Waals surface area contributed by atoms with Gasteiger partial charge in [-0.2, -0.15) is 0 Å². The maximum atomic E-state index is 10.4. The second kappa shape index (κ2) is 27.5. The van der Waals surface area contributed by atoms with Gasteiger partial charge in [-0.25, -0.2) is 0 Å². The number of likely N-dealkylation sites (N-methyl/N-ethyl adjacent to an activating group) is 1. The van der Waals surface area contributed by atoms with Gasteiger partial charge in [-0.1, -0.05) is 24.6 Å². The fourth-order valence-electron chi connectivity index (χ4n) is 3.30. The van der Waals surface area contributed by atoms with E-state index < -0.39 is 29.9 Å². The summed E-state index contributed by atoms with van der Waals surface area (Å²) in [4.78, 5) is 50.4. The van der Waals surface area contributed by atoms with Crippen LogP contribution in [0.25, 0.3) is 0 Å². The van der Waals surface area contributed by atoms with Crippen molar-refractivity contribution in [2.45, 2.75) is 63.1 Å². The molecule has 0 aromatic heterocycles. The zero-order chi connectivity index (χ0) is 33.0. The summed E-state index contributed by atoms with van der Waals surface area (Å²) in [5.74, 6) is -3.34. The number of carbonyl (C=O) groups is 5. The Kier molecular flexibility index (Phi) is 26.8. The molecule has 2 saturated heterocycles. The lowest BCUT2D eigenvalue weighted by atomic mass is 10.1. The summed E-state index contributed by atoms with van der Waals surface area (Å²) in [6.45, 7) is 2.33. The average Bonchev–Trinajstić information content (AvgIpc) is 3.53. The minimum atomic E-state index is -0.955. The molecule has 3 atom stereocenters. The maximum Gasteiger partial charge on any atom is 0.322 e. The minimum absolute atomic E-state index is 0.0255. The molecule has 1 aromatic carbocycles. The van der Waals surface area contributed by atoms with E-state index in [1.165, 1.54) is 0 Å². The Morgan fingerprint density at radius 2 is 1.47 bits per heavy atom. The Bertz CT molecular complexity index is 915. The summed E-state index contributed by atoms with van der Waals surface area (Å²) in [6.07, 6.45) is 6.15. The SMILES string of the molecule is CNCC(=O)O.NCCCC(N)C(=O)O.O=C(O)C1CCCCN1.O=C(O)CNc1ccccc1.O=C(S)[C@@H]1CCCN1. The molecular formula is C27H48N6O9S. The van der Waals surface area contributed by atoms with Crippen molar-refractivity contribution >= 4 is 47.3 Å². The number of nitrogens with two attached hydrogens (primary N) is 2. The first-order valence-corrected chi connectivity index (χ1v) is 14.3. The Labute approximate surface area is 257 Å². The largest absolute Gasteiger partial charge is 0.480 e. The Balaban J connectivity index is 0. The number of rotatable bonds is 11. The molecule has 0 spiro atoms. The molecule has 0 radical (unpaired) electrons. The highest BCUT2D eigenvalue weighted by atomic mass is 32.1. The van der Waals surface area contributed by atoms with E-state index in [1.54, 1.807) is 7.05 Å². The van der Waals surface area contributed by atoms with Crippen LogP contribution >= 0.6 is 12.6 Å². The third kappa shape index (κ3) is 27.3. The standard InChI is InChI=1S/C8H9NO2.C6H11NO2.C5H12N2O2.C5H9NOS.C3H7NO2/c10-8(11)6-9-7-4-2-1-3-5-7;8-6(9)5-3-1-2-4-7-5;6-3-1-2-4(7)5(8)9;7-5(8)4-2-1-3-6-4;1-4-2-3(5)6/h1-5,9H,6H2,(H,10,11);5,7H,1-4H2,(H,8,9);4H,1-3,6-7H2,(H,8,9);4,6H,1-3H2,(H,7,8);4H,2H2,1H3,(H,5,6)/t;;;4-;/m...0./s1. The molecule has 2 heterocycles. The molecule has 2 fully saturated rings. The van der Waals surface area contributed by atoms with Gasteiger partial charge < -0.3 is 53.2 Å². The van der Waals surface area contributed by atoms with Crippen molar-refractivity contribution < 1.29 is 44.4 Å². The maximum absolute atomic E-state index is 10.4. The number of nitrogens with one attached hydrogen (secondary N) is 4. The second-order valence-corrected chi connectivity index (χ2v) is 9.68. The predicted octanol–water partition coefficient (Wildman–Crippen LogP) is 0.0186. The summed E-state index contributed by atoms with van der Waals surface area (Å²) < 4.78 is 0. The summed E-state index contributed by atoms with van der Waals surface area (Å²) in [7, 11) is 1.59. The molecule has 15 nitrogen and oxygen atoms in total. The van der Waals surface area contributed by atoms with E-state index in [4.69, 9.17) is 31.9 Å². The number of thiol groups is 1. The lowest BCUT2D eigenvalue weighted by Crippen LogP contribution is -2.40. The topological polar surface area (TPSA) is 266 Å². The van der Waals surface area contributed by atoms with Crippen LogP contribution in [0.1, 0.15) is 44.9 Å². The highest BCUT2D eigenvalue weighted by Crippen LogP contribution is 2.07. The number of piperidine rings is 1. The Hall–Kier alpha value is -3.28. The van der Waals surface area contributed by atoms with Crippen molar-refractivity contribution in [2.75, 3.05) is 45.1 Å². The van der Waals surface area contributed by atoms with Gasteiger partial charge in [-0.3, -0.25) is 24.0 Å². The molecule has 0 bridgehead atoms. The van der Waals surface area contributed by atoms with Crippen LogP contribution in [-0.4, -0.2) is 107 Å². The van der Waals surface area contributed by atoms with Crippen LogP contribution in [0.15, 0.2) is 30.3 Å². The molecule has 2 aliphatic heterocycles. The molecule has 2 aliphatic rings. The van der Waals surface area contributed by atoms with Crippen LogP contribution in [0, 0.1) is 0 Å². The Morgan fingerprint density at radius 3 is 1.79 bits per heavy atom. The van der Waals surface area contributed by atoms with Crippen LogP contribution in [0.5, 0.6) is 0 Å². The third-order valence-electron chi connectivity index (χ3n) is 5.55. The van der Waals surface area contributed by atoms with E-state index in [2.05, 4.69) is 33.9 Å². The van der Waals surface area contributed by atoms with Gasteiger partial charge in [0.15, 0.2) is 0 Å². The first-order chi connectivity index (χ1) is 20.3.